The predicted molar refractivity (Wildman–Crippen MR) is 114 cm³/mol. The summed E-state index contributed by atoms with van der Waals surface area (Å²) in [6, 6.07) is 12.1. The molecule has 0 aromatic heterocycles. The Morgan fingerprint density at radius 1 is 0.966 bits per heavy atom. The molecule has 0 atom stereocenters. The van der Waals surface area contributed by atoms with Gasteiger partial charge in [0.25, 0.3) is 0 Å². The first kappa shape index (κ1) is 21.1. The lowest BCUT2D eigenvalue weighted by atomic mass is 10.1. The predicted octanol–water partition coefficient (Wildman–Crippen LogP) is 4.16. The van der Waals surface area contributed by atoms with E-state index in [-0.39, 0.29) is 10.7 Å². The van der Waals surface area contributed by atoms with Crippen molar-refractivity contribution < 1.29 is 14.0 Å². The second-order valence-electron chi connectivity index (χ2n) is 7.16. The minimum absolute atomic E-state index is 0.119. The fourth-order valence-electron chi connectivity index (χ4n) is 3.36. The van der Waals surface area contributed by atoms with E-state index in [2.05, 4.69) is 39.8 Å². The highest BCUT2D eigenvalue weighted by Crippen LogP contribution is 2.20. The normalized spacial score (nSPS) is 14.2. The summed E-state index contributed by atoms with van der Waals surface area (Å²) in [5.74, 6) is -2.15. The lowest BCUT2D eigenvalue weighted by Gasteiger charge is -2.22. The van der Waals surface area contributed by atoms with Crippen LogP contribution < -0.4 is 15.5 Å². The molecule has 2 amide bonds. The van der Waals surface area contributed by atoms with Gasteiger partial charge in [-0.3, -0.25) is 9.59 Å². The second-order valence-corrected chi connectivity index (χ2v) is 7.56. The first-order chi connectivity index (χ1) is 14.0. The van der Waals surface area contributed by atoms with E-state index in [1.54, 1.807) is 0 Å². The maximum absolute atomic E-state index is 13.1. The summed E-state index contributed by atoms with van der Waals surface area (Å²) >= 11 is 5.67. The maximum atomic E-state index is 13.1. The number of halogens is 2. The Morgan fingerprint density at radius 2 is 1.66 bits per heavy atom. The van der Waals surface area contributed by atoms with Gasteiger partial charge in [0.2, 0.25) is 0 Å². The topological polar surface area (TPSA) is 61.4 Å². The zero-order valence-corrected chi connectivity index (χ0v) is 17.0. The molecule has 1 aliphatic rings. The number of nitrogens with one attached hydrogen (secondary N) is 2. The van der Waals surface area contributed by atoms with Gasteiger partial charge in [-0.05, 0) is 55.2 Å². The molecule has 1 heterocycles. The molecule has 29 heavy (non-hydrogen) atoms. The van der Waals surface area contributed by atoms with Crippen molar-refractivity contribution in [2.75, 3.05) is 29.9 Å². The molecule has 0 radical (unpaired) electrons. The van der Waals surface area contributed by atoms with Crippen LogP contribution in [-0.2, 0) is 16.0 Å². The molecule has 1 aliphatic heterocycles. The molecule has 154 valence electrons. The molecular formula is C22H25ClFN3O2. The number of hydrogen-bond donors (Lipinski definition) is 2. The number of carbonyl (C=O) groups excluding carboxylic acids is 2. The van der Waals surface area contributed by atoms with Gasteiger partial charge < -0.3 is 15.5 Å². The van der Waals surface area contributed by atoms with Crippen LogP contribution in [0.3, 0.4) is 0 Å². The van der Waals surface area contributed by atoms with Crippen molar-refractivity contribution in [1.29, 1.82) is 0 Å². The monoisotopic (exact) mass is 417 g/mol. The highest BCUT2D eigenvalue weighted by molar-refractivity contribution is 6.39. The average Bonchev–Trinajstić information content (AvgIpc) is 3.01. The number of rotatable bonds is 5. The van der Waals surface area contributed by atoms with Crippen LogP contribution in [0.5, 0.6) is 0 Å². The van der Waals surface area contributed by atoms with Gasteiger partial charge in [0.05, 0.1) is 5.02 Å². The van der Waals surface area contributed by atoms with Crippen LogP contribution in [0.2, 0.25) is 5.02 Å². The largest absolute Gasteiger partial charge is 0.372 e. The lowest BCUT2D eigenvalue weighted by molar-refractivity contribution is -0.136. The quantitative estimate of drug-likeness (QED) is 0.718. The molecule has 0 unspecified atom stereocenters. The number of carbonyl (C=O) groups is 2. The fourth-order valence-corrected chi connectivity index (χ4v) is 3.55. The minimum atomic E-state index is -0.816. The average molecular weight is 418 g/mol. The van der Waals surface area contributed by atoms with E-state index in [0.717, 1.165) is 24.7 Å². The summed E-state index contributed by atoms with van der Waals surface area (Å²) in [6.45, 7) is 2.55. The molecule has 0 saturated carbocycles. The van der Waals surface area contributed by atoms with E-state index in [1.165, 1.54) is 43.5 Å². The summed E-state index contributed by atoms with van der Waals surface area (Å²) in [5, 5.41) is 4.88. The molecule has 0 spiro atoms. The van der Waals surface area contributed by atoms with Gasteiger partial charge in [0.15, 0.2) is 0 Å². The number of nitrogens with zero attached hydrogens (tertiary/aromatic N) is 1. The van der Waals surface area contributed by atoms with Crippen molar-refractivity contribution in [1.82, 2.24) is 5.32 Å². The SMILES string of the molecule is O=C(NCCc1ccc(N2CCCCCC2)cc1)C(=O)Nc1ccc(F)c(Cl)c1. The van der Waals surface area contributed by atoms with E-state index in [1.807, 2.05) is 0 Å². The molecule has 3 rings (SSSR count). The van der Waals surface area contributed by atoms with Crippen molar-refractivity contribution in [3.05, 3.63) is 58.9 Å². The van der Waals surface area contributed by atoms with Crippen molar-refractivity contribution in [2.24, 2.45) is 0 Å². The Kier molecular flexibility index (Phi) is 7.47. The number of hydrogen-bond acceptors (Lipinski definition) is 3. The maximum Gasteiger partial charge on any atom is 0.313 e. The Labute approximate surface area is 175 Å². The van der Waals surface area contributed by atoms with Crippen molar-refractivity contribution in [3.8, 4) is 0 Å². The summed E-state index contributed by atoms with van der Waals surface area (Å²) in [5.41, 5.74) is 2.59. The van der Waals surface area contributed by atoms with Crippen LogP contribution in [-0.4, -0.2) is 31.4 Å². The standard InChI is InChI=1S/C22H25ClFN3O2/c23-19-15-17(7-10-20(19)24)26-22(29)21(28)25-12-11-16-5-8-18(9-6-16)27-13-3-1-2-4-14-27/h5-10,15H,1-4,11-14H2,(H,25,28)(H,26,29). The van der Waals surface area contributed by atoms with Crippen molar-refractivity contribution >= 4 is 34.8 Å². The van der Waals surface area contributed by atoms with E-state index >= 15 is 0 Å². The number of benzene rings is 2. The van der Waals surface area contributed by atoms with Crippen LogP contribution in [0.25, 0.3) is 0 Å². The molecule has 2 N–H and O–H groups in total. The molecule has 0 aliphatic carbocycles. The first-order valence-corrected chi connectivity index (χ1v) is 10.3. The van der Waals surface area contributed by atoms with E-state index in [4.69, 9.17) is 11.6 Å². The molecule has 1 fully saturated rings. The number of amides is 2. The summed E-state index contributed by atoms with van der Waals surface area (Å²) in [7, 11) is 0. The van der Waals surface area contributed by atoms with Crippen molar-refractivity contribution in [3.63, 3.8) is 0 Å². The van der Waals surface area contributed by atoms with Crippen LogP contribution >= 0.6 is 11.6 Å². The second kappa shape index (κ2) is 10.3. The third-order valence-corrected chi connectivity index (χ3v) is 5.28. The van der Waals surface area contributed by atoms with E-state index in [0.29, 0.717) is 13.0 Å². The molecule has 5 nitrogen and oxygen atoms in total. The van der Waals surface area contributed by atoms with Crippen LogP contribution in [0.15, 0.2) is 42.5 Å². The third-order valence-electron chi connectivity index (χ3n) is 4.99. The van der Waals surface area contributed by atoms with Gasteiger partial charge in [-0.2, -0.15) is 0 Å². The van der Waals surface area contributed by atoms with Gasteiger partial charge in [0, 0.05) is 31.0 Å². The first-order valence-electron chi connectivity index (χ1n) is 9.91. The Bertz CT molecular complexity index is 850. The summed E-state index contributed by atoms with van der Waals surface area (Å²) < 4.78 is 13.1. The lowest BCUT2D eigenvalue weighted by Crippen LogP contribution is -2.36. The zero-order chi connectivity index (χ0) is 20.6. The van der Waals surface area contributed by atoms with E-state index < -0.39 is 17.6 Å². The van der Waals surface area contributed by atoms with Gasteiger partial charge in [-0.25, -0.2) is 4.39 Å². The Hall–Kier alpha value is -2.60. The highest BCUT2D eigenvalue weighted by Gasteiger charge is 2.14. The molecular weight excluding hydrogens is 393 g/mol. The third kappa shape index (κ3) is 6.19. The van der Waals surface area contributed by atoms with Gasteiger partial charge >= 0.3 is 11.8 Å². The summed E-state index contributed by atoms with van der Waals surface area (Å²) in [4.78, 5) is 26.3. The smallest absolute Gasteiger partial charge is 0.313 e. The van der Waals surface area contributed by atoms with Crippen LogP contribution in [0, 0.1) is 5.82 Å². The van der Waals surface area contributed by atoms with Gasteiger partial charge in [-0.15, -0.1) is 0 Å². The van der Waals surface area contributed by atoms with E-state index in [9.17, 15) is 14.0 Å². The molecule has 7 heteroatoms. The highest BCUT2D eigenvalue weighted by atomic mass is 35.5. The Morgan fingerprint density at radius 3 is 2.31 bits per heavy atom. The fraction of sp³-hybridized carbons (Fsp3) is 0.364. The van der Waals surface area contributed by atoms with Gasteiger partial charge in [0.1, 0.15) is 5.82 Å². The van der Waals surface area contributed by atoms with Crippen LogP contribution in [0.1, 0.15) is 31.2 Å². The molecule has 2 aromatic rings. The Balaban J connectivity index is 1.44. The van der Waals surface area contributed by atoms with Crippen LogP contribution in [0.4, 0.5) is 15.8 Å². The number of anilines is 2. The summed E-state index contributed by atoms with van der Waals surface area (Å²) in [6.07, 6.45) is 5.70. The molecule has 2 aromatic carbocycles. The van der Waals surface area contributed by atoms with Gasteiger partial charge in [-0.1, -0.05) is 36.6 Å². The molecule has 0 bridgehead atoms. The molecule has 1 saturated heterocycles. The zero-order valence-electron chi connectivity index (χ0n) is 16.2. The van der Waals surface area contributed by atoms with Crippen molar-refractivity contribution in [2.45, 2.75) is 32.1 Å². The minimum Gasteiger partial charge on any atom is -0.372 e.